The second-order valence-corrected chi connectivity index (χ2v) is 13.1. The molecule has 2 unspecified atom stereocenters. The first-order valence-electron chi connectivity index (χ1n) is 14.5. The van der Waals surface area contributed by atoms with Gasteiger partial charge < -0.3 is 10.2 Å². The van der Waals surface area contributed by atoms with Crippen LogP contribution in [0.1, 0.15) is 59.1 Å². The predicted molar refractivity (Wildman–Crippen MR) is 179 cm³/mol. The summed E-state index contributed by atoms with van der Waals surface area (Å²) in [6.07, 6.45) is 7.78. The van der Waals surface area contributed by atoms with Crippen LogP contribution in [0.2, 0.25) is 0 Å². The van der Waals surface area contributed by atoms with Gasteiger partial charge in [-0.1, -0.05) is 60.4 Å². The molecule has 0 bridgehead atoms. The lowest BCUT2D eigenvalue weighted by molar-refractivity contribution is 0.390. The number of benzene rings is 4. The minimum absolute atomic E-state index is 0.0439. The molecule has 0 amide bonds. The van der Waals surface area contributed by atoms with Crippen LogP contribution in [0.25, 0.3) is 0 Å². The number of aromatic hydroxyl groups is 2. The summed E-state index contributed by atoms with van der Waals surface area (Å²) in [5.74, 6) is 2.13. The summed E-state index contributed by atoms with van der Waals surface area (Å²) in [5.41, 5.74) is 6.28. The first kappa shape index (κ1) is 30.0. The molecular formula is C36H38N2O2S2. The summed E-state index contributed by atoms with van der Waals surface area (Å²) < 4.78 is 0. The highest BCUT2D eigenvalue weighted by molar-refractivity contribution is 7.98. The third kappa shape index (κ3) is 8.52. The molecule has 1 fully saturated rings. The Morgan fingerprint density at radius 1 is 0.619 bits per heavy atom. The number of aryl methyl sites for hydroxylation is 2. The molecular weight excluding hydrogens is 557 g/mol. The third-order valence-electron chi connectivity index (χ3n) is 7.54. The van der Waals surface area contributed by atoms with Crippen molar-refractivity contribution in [2.75, 3.05) is 0 Å². The van der Waals surface area contributed by atoms with Crippen LogP contribution in [0.5, 0.6) is 11.5 Å². The summed E-state index contributed by atoms with van der Waals surface area (Å²) in [6.45, 7) is 4.19. The van der Waals surface area contributed by atoms with Gasteiger partial charge in [0, 0.05) is 44.9 Å². The SMILES string of the molecule is Cc1ccc(SCc2ccc(O)c(C=NC3CCCCC3N=Cc3cc(CSc4ccc(C)cc4)ccc3O)c2)cc1. The number of hydrogen-bond acceptors (Lipinski definition) is 6. The van der Waals surface area contributed by atoms with Gasteiger partial charge in [0.2, 0.25) is 0 Å². The van der Waals surface area contributed by atoms with E-state index in [0.29, 0.717) is 0 Å². The van der Waals surface area contributed by atoms with E-state index >= 15 is 0 Å². The normalized spacial score (nSPS) is 17.3. The standard InChI is InChI=1S/C36H38N2O2S2/c1-25-7-13-31(14-8-25)41-23-27-11-17-35(39)29(19-27)21-37-33-5-3-4-6-34(33)38-22-30-20-28(12-18-36(30)40)24-42-32-15-9-26(2)10-16-32/h7-22,33-34,39-40H,3-6,23-24H2,1-2H3. The van der Waals surface area contributed by atoms with Gasteiger partial charge in [-0.2, -0.15) is 0 Å². The fourth-order valence-electron chi connectivity index (χ4n) is 4.99. The molecule has 0 saturated heterocycles. The second-order valence-electron chi connectivity index (χ2n) is 11.0. The number of hydrogen-bond donors (Lipinski definition) is 2. The minimum Gasteiger partial charge on any atom is -0.507 e. The van der Waals surface area contributed by atoms with Crippen LogP contribution in [0.4, 0.5) is 0 Å². The molecule has 0 aliphatic heterocycles. The molecule has 5 rings (SSSR count). The van der Waals surface area contributed by atoms with Crippen molar-refractivity contribution in [1.82, 2.24) is 0 Å². The van der Waals surface area contributed by atoms with Crippen LogP contribution >= 0.6 is 23.5 Å². The highest BCUT2D eigenvalue weighted by Crippen LogP contribution is 2.29. The molecule has 1 aliphatic rings. The summed E-state index contributed by atoms with van der Waals surface area (Å²) in [5, 5.41) is 21.1. The first-order chi connectivity index (χ1) is 20.4. The molecule has 0 aromatic heterocycles. The van der Waals surface area contributed by atoms with Gasteiger partial charge in [0.05, 0.1) is 12.1 Å². The minimum atomic E-state index is 0.0439. The van der Waals surface area contributed by atoms with Crippen molar-refractivity contribution in [3.63, 3.8) is 0 Å². The van der Waals surface area contributed by atoms with E-state index in [2.05, 4.69) is 62.4 Å². The molecule has 0 radical (unpaired) electrons. The zero-order valence-corrected chi connectivity index (χ0v) is 25.9. The summed E-state index contributed by atoms with van der Waals surface area (Å²) >= 11 is 3.57. The van der Waals surface area contributed by atoms with Crippen molar-refractivity contribution in [3.05, 3.63) is 118 Å². The van der Waals surface area contributed by atoms with Gasteiger partial charge in [-0.25, -0.2) is 0 Å². The Morgan fingerprint density at radius 2 is 1.02 bits per heavy atom. The molecule has 42 heavy (non-hydrogen) atoms. The molecule has 2 N–H and O–H groups in total. The molecule has 4 aromatic rings. The summed E-state index contributed by atoms with van der Waals surface area (Å²) in [4.78, 5) is 12.3. The van der Waals surface area contributed by atoms with Crippen molar-refractivity contribution in [1.29, 1.82) is 0 Å². The average molecular weight is 595 g/mol. The van der Waals surface area contributed by atoms with Gasteiger partial charge in [-0.15, -0.1) is 23.5 Å². The fourth-order valence-corrected chi connectivity index (χ4v) is 6.67. The van der Waals surface area contributed by atoms with Crippen LogP contribution in [0, 0.1) is 13.8 Å². The number of phenols is 2. The lowest BCUT2D eigenvalue weighted by Crippen LogP contribution is -2.27. The Balaban J connectivity index is 1.23. The van der Waals surface area contributed by atoms with E-state index in [1.54, 1.807) is 35.7 Å². The van der Waals surface area contributed by atoms with Gasteiger partial charge in [0.1, 0.15) is 11.5 Å². The van der Waals surface area contributed by atoms with Crippen LogP contribution < -0.4 is 0 Å². The summed E-state index contributed by atoms with van der Waals surface area (Å²) in [6, 6.07) is 28.7. The van der Waals surface area contributed by atoms with Crippen molar-refractivity contribution in [3.8, 4) is 11.5 Å². The molecule has 2 atom stereocenters. The fraction of sp³-hybridized carbons (Fsp3) is 0.278. The Kier molecular flexibility index (Phi) is 10.4. The molecule has 4 aromatic carbocycles. The maximum atomic E-state index is 10.5. The van der Waals surface area contributed by atoms with E-state index < -0.39 is 0 Å². The van der Waals surface area contributed by atoms with E-state index in [1.807, 2.05) is 36.7 Å². The Bertz CT molecular complexity index is 1410. The number of rotatable bonds is 10. The van der Waals surface area contributed by atoms with E-state index in [1.165, 1.54) is 20.9 Å². The molecule has 1 saturated carbocycles. The Hall–Kier alpha value is -3.48. The largest absolute Gasteiger partial charge is 0.507 e. The zero-order chi connectivity index (χ0) is 29.3. The van der Waals surface area contributed by atoms with Gasteiger partial charge in [0.25, 0.3) is 0 Å². The lowest BCUT2D eigenvalue weighted by atomic mass is 9.91. The Labute approximate surface area is 258 Å². The third-order valence-corrected chi connectivity index (χ3v) is 9.71. The van der Waals surface area contributed by atoms with Crippen LogP contribution in [-0.2, 0) is 11.5 Å². The van der Waals surface area contributed by atoms with Crippen molar-refractivity contribution >= 4 is 36.0 Å². The molecule has 0 heterocycles. The zero-order valence-electron chi connectivity index (χ0n) is 24.2. The van der Waals surface area contributed by atoms with Gasteiger partial charge >= 0.3 is 0 Å². The number of nitrogens with zero attached hydrogens (tertiary/aromatic N) is 2. The van der Waals surface area contributed by atoms with Gasteiger partial charge in [-0.3, -0.25) is 9.98 Å². The first-order valence-corrected chi connectivity index (χ1v) is 16.5. The van der Waals surface area contributed by atoms with Gasteiger partial charge in [0.15, 0.2) is 0 Å². The lowest BCUT2D eigenvalue weighted by Gasteiger charge is -2.25. The number of aliphatic imine (C=N–C) groups is 2. The molecule has 6 heteroatoms. The molecule has 1 aliphatic carbocycles. The predicted octanol–water partition coefficient (Wildman–Crippen LogP) is 9.15. The topological polar surface area (TPSA) is 65.2 Å². The average Bonchev–Trinajstić information content (AvgIpc) is 3.01. The van der Waals surface area contributed by atoms with Crippen molar-refractivity contribution in [2.45, 2.75) is 72.9 Å². The number of phenolic OH excluding ortho intramolecular Hbond substituents is 2. The van der Waals surface area contributed by atoms with Crippen LogP contribution in [0.3, 0.4) is 0 Å². The van der Waals surface area contributed by atoms with E-state index in [4.69, 9.17) is 9.98 Å². The quantitative estimate of drug-likeness (QED) is 0.142. The van der Waals surface area contributed by atoms with Crippen molar-refractivity contribution in [2.24, 2.45) is 9.98 Å². The molecule has 216 valence electrons. The van der Waals surface area contributed by atoms with Crippen LogP contribution in [-0.4, -0.2) is 34.7 Å². The van der Waals surface area contributed by atoms with Crippen molar-refractivity contribution < 1.29 is 10.2 Å². The smallest absolute Gasteiger partial charge is 0.124 e. The van der Waals surface area contributed by atoms with E-state index in [-0.39, 0.29) is 23.6 Å². The second kappa shape index (κ2) is 14.6. The highest BCUT2D eigenvalue weighted by atomic mass is 32.2. The van der Waals surface area contributed by atoms with Gasteiger partial charge in [-0.05, 0) is 86.3 Å². The highest BCUT2D eigenvalue weighted by Gasteiger charge is 2.23. The van der Waals surface area contributed by atoms with E-state index in [9.17, 15) is 10.2 Å². The summed E-state index contributed by atoms with van der Waals surface area (Å²) in [7, 11) is 0. The maximum absolute atomic E-state index is 10.5. The maximum Gasteiger partial charge on any atom is 0.124 e. The molecule has 0 spiro atoms. The van der Waals surface area contributed by atoms with Crippen LogP contribution in [0.15, 0.2) is 105 Å². The Morgan fingerprint density at radius 3 is 1.43 bits per heavy atom. The molecule has 4 nitrogen and oxygen atoms in total. The van der Waals surface area contributed by atoms with E-state index in [0.717, 1.165) is 59.4 Å². The number of thioether (sulfide) groups is 2. The monoisotopic (exact) mass is 594 g/mol.